The van der Waals surface area contributed by atoms with E-state index in [1.54, 1.807) is 0 Å². The van der Waals surface area contributed by atoms with Crippen LogP contribution in [0.4, 0.5) is 5.69 Å². The Kier molecular flexibility index (Phi) is 5.62. The van der Waals surface area contributed by atoms with Gasteiger partial charge < -0.3 is 11.1 Å². The van der Waals surface area contributed by atoms with Crippen LogP contribution in [-0.2, 0) is 4.79 Å². The van der Waals surface area contributed by atoms with E-state index in [0.29, 0.717) is 29.7 Å². The molecule has 1 fully saturated rings. The highest BCUT2D eigenvalue weighted by atomic mass is 35.5. The molecule has 1 amide bonds. The Hall–Kier alpha value is -1.10. The van der Waals surface area contributed by atoms with Crippen molar-refractivity contribution in [1.29, 1.82) is 0 Å². The molecule has 1 saturated heterocycles. The van der Waals surface area contributed by atoms with Gasteiger partial charge in [-0.05, 0) is 49.9 Å². The summed E-state index contributed by atoms with van der Waals surface area (Å²) in [5, 5.41) is 3.47. The van der Waals surface area contributed by atoms with E-state index in [9.17, 15) is 4.79 Å². The van der Waals surface area contributed by atoms with Crippen molar-refractivity contribution in [3.63, 3.8) is 0 Å². The molecule has 0 bridgehead atoms. The van der Waals surface area contributed by atoms with Crippen LogP contribution in [0.5, 0.6) is 0 Å². The monoisotopic (exact) mass is 309 g/mol. The van der Waals surface area contributed by atoms with Crippen LogP contribution in [0.1, 0.15) is 25.3 Å². The summed E-state index contributed by atoms with van der Waals surface area (Å²) >= 11 is 6.15. The normalized spacial score (nSPS) is 23.0. The number of nitrogens with zero attached hydrogens (tertiary/aromatic N) is 1. The Balaban J connectivity index is 1.97. The second kappa shape index (κ2) is 7.25. The molecule has 1 aliphatic heterocycles. The van der Waals surface area contributed by atoms with Gasteiger partial charge in [-0.2, -0.15) is 0 Å². The highest BCUT2D eigenvalue weighted by Crippen LogP contribution is 2.24. The summed E-state index contributed by atoms with van der Waals surface area (Å²) in [5.41, 5.74) is 7.60. The quantitative estimate of drug-likeness (QED) is 0.899. The lowest BCUT2D eigenvalue weighted by Crippen LogP contribution is -2.51. The van der Waals surface area contributed by atoms with Gasteiger partial charge in [0.1, 0.15) is 0 Å². The number of nitrogens with two attached hydrogens (primary N) is 1. The zero-order chi connectivity index (χ0) is 15.4. The molecule has 2 rings (SSSR count). The lowest BCUT2D eigenvalue weighted by Gasteiger charge is -2.38. The lowest BCUT2D eigenvalue weighted by molar-refractivity contribution is -0.118. The number of hydrogen-bond donors (Lipinski definition) is 2. The van der Waals surface area contributed by atoms with Crippen LogP contribution in [0.25, 0.3) is 0 Å². The summed E-state index contributed by atoms with van der Waals surface area (Å²) in [6.45, 7) is 6.08. The molecule has 116 valence electrons. The van der Waals surface area contributed by atoms with Gasteiger partial charge in [0.2, 0.25) is 5.91 Å². The van der Waals surface area contributed by atoms with E-state index in [4.69, 9.17) is 17.3 Å². The smallest absolute Gasteiger partial charge is 0.238 e. The Bertz CT molecular complexity index is 506. The first-order chi connectivity index (χ1) is 10.0. The molecule has 21 heavy (non-hydrogen) atoms. The highest BCUT2D eigenvalue weighted by molar-refractivity contribution is 6.33. The third kappa shape index (κ3) is 4.19. The van der Waals surface area contributed by atoms with E-state index in [1.807, 2.05) is 25.1 Å². The SMILES string of the molecule is Cc1ccc(NC(=O)CN2CCCC(C)C2CN)c(Cl)c1. The number of nitrogens with one attached hydrogen (secondary N) is 1. The number of carbonyl (C=O) groups excluding carboxylic acids is 1. The van der Waals surface area contributed by atoms with E-state index in [-0.39, 0.29) is 11.9 Å². The molecule has 3 N–H and O–H groups in total. The maximum atomic E-state index is 12.2. The van der Waals surface area contributed by atoms with Crippen LogP contribution in [0.2, 0.25) is 5.02 Å². The Morgan fingerprint density at radius 1 is 1.52 bits per heavy atom. The number of amides is 1. The maximum Gasteiger partial charge on any atom is 0.238 e. The molecule has 1 aliphatic rings. The predicted octanol–water partition coefficient (Wildman–Crippen LogP) is 2.65. The molecule has 1 aromatic carbocycles. The van der Waals surface area contributed by atoms with Crippen molar-refractivity contribution in [2.45, 2.75) is 32.7 Å². The number of aryl methyl sites for hydroxylation is 1. The molecule has 0 saturated carbocycles. The fourth-order valence-corrected chi connectivity index (χ4v) is 3.29. The Morgan fingerprint density at radius 2 is 2.29 bits per heavy atom. The van der Waals surface area contributed by atoms with Crippen molar-refractivity contribution in [3.8, 4) is 0 Å². The summed E-state index contributed by atoms with van der Waals surface area (Å²) in [7, 11) is 0. The Labute approximate surface area is 131 Å². The minimum absolute atomic E-state index is 0.0340. The van der Waals surface area contributed by atoms with Gasteiger partial charge in [0.25, 0.3) is 0 Å². The molecular formula is C16H24ClN3O. The fourth-order valence-electron chi connectivity index (χ4n) is 3.01. The molecule has 1 heterocycles. The average Bonchev–Trinajstić information content (AvgIpc) is 2.42. The topological polar surface area (TPSA) is 58.4 Å². The predicted molar refractivity (Wildman–Crippen MR) is 87.6 cm³/mol. The van der Waals surface area contributed by atoms with Crippen LogP contribution in [0, 0.1) is 12.8 Å². The van der Waals surface area contributed by atoms with Gasteiger partial charge in [0.05, 0.1) is 17.3 Å². The molecule has 5 heteroatoms. The van der Waals surface area contributed by atoms with E-state index >= 15 is 0 Å². The lowest BCUT2D eigenvalue weighted by atomic mass is 9.91. The molecule has 0 aromatic heterocycles. The number of halogens is 1. The van der Waals surface area contributed by atoms with Gasteiger partial charge in [-0.1, -0.05) is 24.6 Å². The summed E-state index contributed by atoms with van der Waals surface area (Å²) in [4.78, 5) is 14.4. The summed E-state index contributed by atoms with van der Waals surface area (Å²) < 4.78 is 0. The van der Waals surface area contributed by atoms with Crippen LogP contribution in [0.15, 0.2) is 18.2 Å². The van der Waals surface area contributed by atoms with E-state index in [2.05, 4.69) is 17.1 Å². The minimum Gasteiger partial charge on any atom is -0.329 e. The fraction of sp³-hybridized carbons (Fsp3) is 0.562. The number of benzene rings is 1. The van der Waals surface area contributed by atoms with E-state index in [0.717, 1.165) is 18.5 Å². The van der Waals surface area contributed by atoms with Crippen molar-refractivity contribution in [2.24, 2.45) is 11.7 Å². The van der Waals surface area contributed by atoms with Gasteiger partial charge >= 0.3 is 0 Å². The second-order valence-corrected chi connectivity index (χ2v) is 6.33. The van der Waals surface area contributed by atoms with Gasteiger partial charge in [-0.15, -0.1) is 0 Å². The summed E-state index contributed by atoms with van der Waals surface area (Å²) in [5.74, 6) is 0.507. The third-order valence-electron chi connectivity index (χ3n) is 4.22. The second-order valence-electron chi connectivity index (χ2n) is 5.92. The molecule has 0 radical (unpaired) electrons. The molecule has 4 nitrogen and oxygen atoms in total. The van der Waals surface area contributed by atoms with Crippen LogP contribution in [0.3, 0.4) is 0 Å². The van der Waals surface area contributed by atoms with Gasteiger partial charge in [0.15, 0.2) is 0 Å². The van der Waals surface area contributed by atoms with Crippen molar-refractivity contribution < 1.29 is 4.79 Å². The van der Waals surface area contributed by atoms with Crippen LogP contribution >= 0.6 is 11.6 Å². The van der Waals surface area contributed by atoms with Gasteiger partial charge in [-0.25, -0.2) is 0 Å². The standard InChI is InChI=1S/C16H24ClN3O/c1-11-5-6-14(13(17)8-11)19-16(21)10-20-7-3-4-12(2)15(20)9-18/h5-6,8,12,15H,3-4,7,9-10,18H2,1-2H3,(H,19,21). The first kappa shape index (κ1) is 16.3. The summed E-state index contributed by atoms with van der Waals surface area (Å²) in [6.07, 6.45) is 2.31. The number of piperidine rings is 1. The number of hydrogen-bond acceptors (Lipinski definition) is 3. The van der Waals surface area contributed by atoms with Crippen molar-refractivity contribution in [2.75, 3.05) is 25.0 Å². The summed E-state index contributed by atoms with van der Waals surface area (Å²) in [6, 6.07) is 5.92. The van der Waals surface area contributed by atoms with Gasteiger partial charge in [0, 0.05) is 12.6 Å². The number of rotatable bonds is 4. The number of likely N-dealkylation sites (tertiary alicyclic amines) is 1. The zero-order valence-electron chi connectivity index (χ0n) is 12.7. The number of anilines is 1. The molecule has 1 aromatic rings. The highest BCUT2D eigenvalue weighted by Gasteiger charge is 2.28. The first-order valence-electron chi connectivity index (χ1n) is 7.51. The van der Waals surface area contributed by atoms with Crippen LogP contribution in [-0.4, -0.2) is 36.5 Å². The molecule has 2 atom stereocenters. The van der Waals surface area contributed by atoms with Crippen molar-refractivity contribution >= 4 is 23.2 Å². The Morgan fingerprint density at radius 3 is 2.95 bits per heavy atom. The van der Waals surface area contributed by atoms with Crippen molar-refractivity contribution in [3.05, 3.63) is 28.8 Å². The first-order valence-corrected chi connectivity index (χ1v) is 7.89. The molecule has 2 unspecified atom stereocenters. The number of carbonyl (C=O) groups is 1. The van der Waals surface area contributed by atoms with Gasteiger partial charge in [-0.3, -0.25) is 9.69 Å². The van der Waals surface area contributed by atoms with Crippen LogP contribution < -0.4 is 11.1 Å². The van der Waals surface area contributed by atoms with E-state index in [1.165, 1.54) is 6.42 Å². The molecular weight excluding hydrogens is 286 g/mol. The zero-order valence-corrected chi connectivity index (χ0v) is 13.5. The largest absolute Gasteiger partial charge is 0.329 e. The van der Waals surface area contributed by atoms with E-state index < -0.39 is 0 Å². The maximum absolute atomic E-state index is 12.2. The third-order valence-corrected chi connectivity index (χ3v) is 4.53. The molecule has 0 aliphatic carbocycles. The average molecular weight is 310 g/mol. The minimum atomic E-state index is -0.0340. The molecule has 0 spiro atoms. The van der Waals surface area contributed by atoms with Crippen molar-refractivity contribution in [1.82, 2.24) is 4.90 Å².